The van der Waals surface area contributed by atoms with Gasteiger partial charge in [0.05, 0.1) is 10.9 Å². The number of nitrogens with one attached hydrogen (secondary N) is 3. The van der Waals surface area contributed by atoms with Gasteiger partial charge in [-0.05, 0) is 73.5 Å². The third-order valence-corrected chi connectivity index (χ3v) is 6.69. The summed E-state index contributed by atoms with van der Waals surface area (Å²) in [6.07, 6.45) is 2.90. The minimum absolute atomic E-state index is 0.0375. The van der Waals surface area contributed by atoms with Crippen molar-refractivity contribution in [3.63, 3.8) is 0 Å². The maximum Gasteiger partial charge on any atom is 0.261 e. The average Bonchev–Trinajstić information content (AvgIpc) is 3.37. The second-order valence-corrected chi connectivity index (χ2v) is 9.54. The number of nitrogens with zero attached hydrogens (tertiary/aromatic N) is 1. The molecule has 2 aromatic carbocycles. The van der Waals surface area contributed by atoms with Gasteiger partial charge in [0.15, 0.2) is 11.6 Å². The van der Waals surface area contributed by atoms with Gasteiger partial charge in [-0.2, -0.15) is 0 Å². The monoisotopic (exact) mass is 516 g/mol. The van der Waals surface area contributed by atoms with Gasteiger partial charge in [-0.1, -0.05) is 23.7 Å². The van der Waals surface area contributed by atoms with Crippen molar-refractivity contribution < 1.29 is 18.4 Å². The van der Waals surface area contributed by atoms with E-state index in [0.717, 1.165) is 25.0 Å². The molecule has 182 valence electrons. The van der Waals surface area contributed by atoms with Crippen LogP contribution in [0.5, 0.6) is 0 Å². The zero-order valence-corrected chi connectivity index (χ0v) is 20.1. The summed E-state index contributed by atoms with van der Waals surface area (Å²) >= 11 is 7.47. The molecule has 35 heavy (non-hydrogen) atoms. The van der Waals surface area contributed by atoms with Crippen LogP contribution >= 0.6 is 22.9 Å². The number of carbonyl (C=O) groups excluding carboxylic acids is 2. The topological polar surface area (TPSA) is 82.6 Å². The first-order valence-corrected chi connectivity index (χ1v) is 12.3. The van der Waals surface area contributed by atoms with Crippen LogP contribution in [0.25, 0.3) is 0 Å². The van der Waals surface area contributed by atoms with Crippen molar-refractivity contribution in [2.24, 2.45) is 4.99 Å². The van der Waals surface area contributed by atoms with Crippen molar-refractivity contribution in [2.45, 2.75) is 37.8 Å². The molecule has 1 heterocycles. The molecule has 0 unspecified atom stereocenters. The van der Waals surface area contributed by atoms with E-state index in [1.54, 1.807) is 30.3 Å². The number of aliphatic imine (C=N–C) groups is 1. The first kappa shape index (κ1) is 24.8. The van der Waals surface area contributed by atoms with Gasteiger partial charge in [0.2, 0.25) is 5.96 Å². The third kappa shape index (κ3) is 6.86. The van der Waals surface area contributed by atoms with E-state index in [1.807, 2.05) is 11.4 Å². The molecule has 0 spiro atoms. The predicted octanol–water partition coefficient (Wildman–Crippen LogP) is 5.62. The number of hydrogen-bond donors (Lipinski definition) is 3. The lowest BCUT2D eigenvalue weighted by molar-refractivity contribution is 0.0928. The number of amides is 2. The quantitative estimate of drug-likeness (QED) is 0.304. The lowest BCUT2D eigenvalue weighted by atomic mass is 9.91. The number of halogens is 3. The molecule has 0 aliphatic heterocycles. The van der Waals surface area contributed by atoms with E-state index in [1.165, 1.54) is 17.4 Å². The van der Waals surface area contributed by atoms with Gasteiger partial charge in [0, 0.05) is 22.3 Å². The van der Waals surface area contributed by atoms with Crippen molar-refractivity contribution in [1.29, 1.82) is 0 Å². The first-order valence-electron chi connectivity index (χ1n) is 11.1. The van der Waals surface area contributed by atoms with Crippen molar-refractivity contribution in [3.8, 4) is 0 Å². The molecule has 3 aromatic rings. The SMILES string of the molecule is O=C(NC(=NC1CCC(NC(=O)c2cccs2)CC1)Nc1cccc(Cl)c1)c1ccc(F)c(F)c1. The van der Waals surface area contributed by atoms with Crippen LogP contribution in [0.3, 0.4) is 0 Å². The van der Waals surface area contributed by atoms with Crippen molar-refractivity contribution in [2.75, 3.05) is 5.32 Å². The summed E-state index contributed by atoms with van der Waals surface area (Å²) in [5, 5.41) is 11.1. The number of guanidine groups is 1. The van der Waals surface area contributed by atoms with Gasteiger partial charge < -0.3 is 10.6 Å². The molecule has 2 amide bonds. The van der Waals surface area contributed by atoms with Crippen LogP contribution in [0.2, 0.25) is 5.02 Å². The highest BCUT2D eigenvalue weighted by molar-refractivity contribution is 7.12. The molecular weight excluding hydrogens is 494 g/mol. The molecule has 1 fully saturated rings. The second-order valence-electron chi connectivity index (χ2n) is 8.15. The van der Waals surface area contributed by atoms with Crippen LogP contribution in [0.4, 0.5) is 14.5 Å². The molecule has 6 nitrogen and oxygen atoms in total. The molecule has 0 atom stereocenters. The Morgan fingerprint density at radius 3 is 2.43 bits per heavy atom. The van der Waals surface area contributed by atoms with Gasteiger partial charge in [0.1, 0.15) is 0 Å². The summed E-state index contributed by atoms with van der Waals surface area (Å²) in [4.78, 5) is 30.4. The Morgan fingerprint density at radius 2 is 1.74 bits per heavy atom. The first-order chi connectivity index (χ1) is 16.9. The molecular formula is C25H23ClF2N4O2S. The van der Waals surface area contributed by atoms with Gasteiger partial charge in [-0.15, -0.1) is 11.3 Å². The molecule has 4 rings (SSSR count). The van der Waals surface area contributed by atoms with Gasteiger partial charge in [0.25, 0.3) is 11.8 Å². The Bertz CT molecular complexity index is 1230. The fourth-order valence-corrected chi connectivity index (χ4v) is 4.63. The minimum atomic E-state index is -1.11. The highest BCUT2D eigenvalue weighted by Crippen LogP contribution is 2.23. The maximum atomic E-state index is 13.6. The van der Waals surface area contributed by atoms with Crippen LogP contribution in [0.15, 0.2) is 65.0 Å². The van der Waals surface area contributed by atoms with E-state index in [-0.39, 0.29) is 29.5 Å². The van der Waals surface area contributed by atoms with Gasteiger partial charge in [-0.25, -0.2) is 13.8 Å². The van der Waals surface area contributed by atoms with Crippen LogP contribution in [-0.4, -0.2) is 29.9 Å². The minimum Gasteiger partial charge on any atom is -0.349 e. The summed E-state index contributed by atoms with van der Waals surface area (Å²) in [6, 6.07) is 13.4. The van der Waals surface area contributed by atoms with Gasteiger partial charge >= 0.3 is 0 Å². The number of anilines is 1. The summed E-state index contributed by atoms with van der Waals surface area (Å²) in [6.45, 7) is 0. The Kier molecular flexibility index (Phi) is 8.09. The Balaban J connectivity index is 1.44. The maximum absolute atomic E-state index is 13.6. The molecule has 3 N–H and O–H groups in total. The molecule has 1 aliphatic carbocycles. The van der Waals surface area contributed by atoms with Gasteiger partial charge in [-0.3, -0.25) is 14.9 Å². The van der Waals surface area contributed by atoms with E-state index in [4.69, 9.17) is 11.6 Å². The zero-order valence-electron chi connectivity index (χ0n) is 18.6. The fraction of sp³-hybridized carbons (Fsp3) is 0.240. The Labute approximate surface area is 210 Å². The Morgan fingerprint density at radius 1 is 0.943 bits per heavy atom. The highest BCUT2D eigenvalue weighted by Gasteiger charge is 2.24. The number of thiophene rings is 1. The number of hydrogen-bond acceptors (Lipinski definition) is 4. The molecule has 0 radical (unpaired) electrons. The predicted molar refractivity (Wildman–Crippen MR) is 134 cm³/mol. The summed E-state index contributed by atoms with van der Waals surface area (Å²) < 4.78 is 26.9. The third-order valence-electron chi connectivity index (χ3n) is 5.59. The van der Waals surface area contributed by atoms with E-state index < -0.39 is 17.5 Å². The fourth-order valence-electron chi connectivity index (χ4n) is 3.81. The van der Waals surface area contributed by atoms with Crippen LogP contribution < -0.4 is 16.0 Å². The van der Waals surface area contributed by atoms with E-state index in [0.29, 0.717) is 28.4 Å². The van der Waals surface area contributed by atoms with Crippen molar-refractivity contribution >= 4 is 46.4 Å². The zero-order chi connectivity index (χ0) is 24.8. The standard InChI is InChI=1S/C25H23ClF2N4O2S/c26-16-3-1-4-19(14-16)31-25(32-23(33)15-6-11-20(27)21(28)13-15)30-18-9-7-17(8-10-18)29-24(34)22-5-2-12-35-22/h1-6,11-14,17-18H,7-10H2,(H,29,34)(H2,30,31,32,33). The van der Waals surface area contributed by atoms with E-state index in [2.05, 4.69) is 20.9 Å². The lowest BCUT2D eigenvalue weighted by Gasteiger charge is -2.27. The number of carbonyl (C=O) groups is 2. The smallest absolute Gasteiger partial charge is 0.261 e. The largest absolute Gasteiger partial charge is 0.349 e. The lowest BCUT2D eigenvalue weighted by Crippen LogP contribution is -2.40. The van der Waals surface area contributed by atoms with Crippen LogP contribution in [-0.2, 0) is 0 Å². The molecule has 0 bridgehead atoms. The van der Waals surface area contributed by atoms with E-state index >= 15 is 0 Å². The average molecular weight is 517 g/mol. The molecule has 1 aromatic heterocycles. The molecule has 1 saturated carbocycles. The van der Waals surface area contributed by atoms with Crippen molar-refractivity contribution in [3.05, 3.63) is 87.1 Å². The Hall–Kier alpha value is -3.30. The summed E-state index contributed by atoms with van der Waals surface area (Å²) in [7, 11) is 0. The van der Waals surface area contributed by atoms with Crippen molar-refractivity contribution in [1.82, 2.24) is 10.6 Å². The normalized spacial score (nSPS) is 18.1. The summed E-state index contributed by atoms with van der Waals surface area (Å²) in [5.41, 5.74) is 0.572. The highest BCUT2D eigenvalue weighted by atomic mass is 35.5. The number of rotatable bonds is 5. The molecule has 0 saturated heterocycles. The molecule has 1 aliphatic rings. The van der Waals surface area contributed by atoms with Crippen LogP contribution in [0.1, 0.15) is 45.7 Å². The molecule has 10 heteroatoms. The summed E-state index contributed by atoms with van der Waals surface area (Å²) in [5.74, 6) is -2.67. The van der Waals surface area contributed by atoms with E-state index in [9.17, 15) is 18.4 Å². The van der Waals surface area contributed by atoms with Crippen LogP contribution in [0, 0.1) is 11.6 Å². The second kappa shape index (κ2) is 11.4. The number of benzene rings is 2.